The van der Waals surface area contributed by atoms with Crippen LogP contribution in [-0.2, 0) is 17.5 Å². The summed E-state index contributed by atoms with van der Waals surface area (Å²) in [4.78, 5) is 29.5. The Labute approximate surface area is 159 Å². The Balaban J connectivity index is 2.15. The number of urea groups is 1. The van der Waals surface area contributed by atoms with Crippen molar-refractivity contribution in [1.29, 1.82) is 0 Å². The number of nitrogens with one attached hydrogen (secondary N) is 1. The van der Waals surface area contributed by atoms with Gasteiger partial charge in [-0.2, -0.15) is 13.2 Å². The molecule has 1 aromatic heterocycles. The van der Waals surface area contributed by atoms with Gasteiger partial charge in [0.15, 0.2) is 5.69 Å². The van der Waals surface area contributed by atoms with E-state index >= 15 is 0 Å². The van der Waals surface area contributed by atoms with Gasteiger partial charge in [0, 0.05) is 11.2 Å². The molecule has 0 radical (unpaired) electrons. The quantitative estimate of drug-likeness (QED) is 0.775. The zero-order chi connectivity index (χ0) is 21.1. The number of anilines is 1. The van der Waals surface area contributed by atoms with Crippen LogP contribution >= 0.6 is 0 Å². The number of halogens is 3. The maximum atomic E-state index is 12.7. The summed E-state index contributed by atoms with van der Waals surface area (Å²) in [6, 6.07) is 3.54. The van der Waals surface area contributed by atoms with E-state index in [1.807, 2.05) is 0 Å². The van der Waals surface area contributed by atoms with E-state index in [0.29, 0.717) is 0 Å². The molecule has 2 amide bonds. The number of alkyl halides is 3. The van der Waals surface area contributed by atoms with Crippen molar-refractivity contribution in [3.8, 4) is 0 Å². The van der Waals surface area contributed by atoms with E-state index in [9.17, 15) is 22.8 Å². The van der Waals surface area contributed by atoms with Crippen LogP contribution in [0.15, 0.2) is 34.9 Å². The molecule has 2 rings (SSSR count). The van der Waals surface area contributed by atoms with E-state index in [1.54, 1.807) is 20.8 Å². The Hall–Kier alpha value is -3.04. The summed E-state index contributed by atoms with van der Waals surface area (Å²) in [6.07, 6.45) is -3.34. The van der Waals surface area contributed by atoms with Gasteiger partial charge in [0.2, 0.25) is 5.89 Å². The lowest BCUT2D eigenvalue weighted by molar-refractivity contribution is -0.137. The van der Waals surface area contributed by atoms with Crippen LogP contribution in [-0.4, -0.2) is 34.5 Å². The van der Waals surface area contributed by atoms with Crippen LogP contribution in [0.1, 0.15) is 42.7 Å². The molecular weight excluding hydrogens is 379 g/mol. The van der Waals surface area contributed by atoms with Crippen molar-refractivity contribution < 1.29 is 31.9 Å². The first kappa shape index (κ1) is 21.3. The summed E-state index contributed by atoms with van der Waals surface area (Å²) < 4.78 is 47.7. The fourth-order valence-electron chi connectivity index (χ4n) is 2.26. The number of ether oxygens (including phenoxy) is 1. The molecule has 152 valence electrons. The number of esters is 1. The molecule has 1 heterocycles. The maximum absolute atomic E-state index is 12.7. The molecule has 0 fully saturated rings. The predicted octanol–water partition coefficient (Wildman–Crippen LogP) is 4.31. The topological polar surface area (TPSA) is 84.7 Å². The van der Waals surface area contributed by atoms with Crippen LogP contribution in [0.25, 0.3) is 0 Å². The number of carbonyl (C=O) groups excluding carboxylic acids is 2. The van der Waals surface area contributed by atoms with Crippen LogP contribution < -0.4 is 5.32 Å². The first-order chi connectivity index (χ1) is 12.9. The Morgan fingerprint density at radius 2 is 1.79 bits per heavy atom. The number of oxazole rings is 1. The van der Waals surface area contributed by atoms with Gasteiger partial charge in [-0.25, -0.2) is 14.6 Å². The zero-order valence-corrected chi connectivity index (χ0v) is 15.8. The second-order valence-corrected chi connectivity index (χ2v) is 6.88. The number of rotatable bonds is 4. The van der Waals surface area contributed by atoms with Crippen molar-refractivity contribution in [2.24, 2.45) is 0 Å². The number of nitrogens with zero attached hydrogens (tertiary/aromatic N) is 2. The van der Waals surface area contributed by atoms with Gasteiger partial charge in [0.25, 0.3) is 0 Å². The first-order valence-corrected chi connectivity index (χ1v) is 8.20. The average Bonchev–Trinajstić information content (AvgIpc) is 3.06. The van der Waals surface area contributed by atoms with E-state index in [1.165, 1.54) is 24.1 Å². The second kappa shape index (κ2) is 7.91. The minimum atomic E-state index is -4.46. The van der Waals surface area contributed by atoms with Crippen LogP contribution in [0.5, 0.6) is 0 Å². The molecule has 28 heavy (non-hydrogen) atoms. The van der Waals surface area contributed by atoms with Gasteiger partial charge in [0.05, 0.1) is 19.2 Å². The molecule has 0 spiro atoms. The molecule has 1 aromatic carbocycles. The number of amides is 2. The molecule has 0 aliphatic heterocycles. The molecule has 0 aliphatic carbocycles. The molecule has 0 saturated heterocycles. The molecule has 7 nitrogen and oxygen atoms in total. The molecule has 1 N–H and O–H groups in total. The highest BCUT2D eigenvalue weighted by Crippen LogP contribution is 2.30. The zero-order valence-electron chi connectivity index (χ0n) is 15.8. The van der Waals surface area contributed by atoms with Gasteiger partial charge in [-0.1, -0.05) is 0 Å². The predicted molar refractivity (Wildman–Crippen MR) is 93.6 cm³/mol. The fraction of sp³-hybridized carbons (Fsp3) is 0.389. The number of methoxy groups -OCH3 is 1. The average molecular weight is 399 g/mol. The highest BCUT2D eigenvalue weighted by atomic mass is 19.4. The van der Waals surface area contributed by atoms with Crippen molar-refractivity contribution in [3.05, 3.63) is 47.7 Å². The van der Waals surface area contributed by atoms with Crippen LogP contribution in [0, 0.1) is 0 Å². The van der Waals surface area contributed by atoms with E-state index in [-0.39, 0.29) is 23.8 Å². The molecule has 0 saturated carbocycles. The first-order valence-electron chi connectivity index (χ1n) is 8.20. The van der Waals surface area contributed by atoms with E-state index in [4.69, 9.17) is 4.42 Å². The van der Waals surface area contributed by atoms with E-state index in [0.717, 1.165) is 18.4 Å². The smallest absolute Gasteiger partial charge is 0.416 e. The van der Waals surface area contributed by atoms with Crippen molar-refractivity contribution in [2.45, 2.75) is 39.0 Å². The summed E-state index contributed by atoms with van der Waals surface area (Å²) in [7, 11) is 1.20. The monoisotopic (exact) mass is 399 g/mol. The lowest BCUT2D eigenvalue weighted by atomic mass is 10.1. The third kappa shape index (κ3) is 5.24. The standard InChI is InChI=1S/C18H20F3N3O4/c1-17(2,3)24(9-14-23-13(10-28-14)15(25)27-4)16(26)22-12-7-5-11(6-8-12)18(19,20)21/h5-8,10H,9H2,1-4H3,(H,22,26). The van der Waals surface area contributed by atoms with Gasteiger partial charge in [0.1, 0.15) is 6.26 Å². The van der Waals surface area contributed by atoms with Gasteiger partial charge in [-0.05, 0) is 45.0 Å². The van der Waals surface area contributed by atoms with Gasteiger partial charge in [-0.15, -0.1) is 0 Å². The van der Waals surface area contributed by atoms with Crippen molar-refractivity contribution in [3.63, 3.8) is 0 Å². The Morgan fingerprint density at radius 3 is 2.29 bits per heavy atom. The molecule has 0 aliphatic rings. The van der Waals surface area contributed by atoms with Crippen molar-refractivity contribution in [1.82, 2.24) is 9.88 Å². The maximum Gasteiger partial charge on any atom is 0.416 e. The van der Waals surface area contributed by atoms with E-state index < -0.39 is 29.3 Å². The molecule has 0 atom stereocenters. The normalized spacial score (nSPS) is 11.8. The summed E-state index contributed by atoms with van der Waals surface area (Å²) in [6.45, 7) is 5.24. The highest BCUT2D eigenvalue weighted by molar-refractivity contribution is 5.90. The Kier molecular flexibility index (Phi) is 6.01. The van der Waals surface area contributed by atoms with Crippen molar-refractivity contribution >= 4 is 17.7 Å². The summed E-state index contributed by atoms with van der Waals surface area (Å²) >= 11 is 0. The molecule has 0 unspecified atom stereocenters. The van der Waals surface area contributed by atoms with Crippen LogP contribution in [0.4, 0.5) is 23.7 Å². The van der Waals surface area contributed by atoms with Crippen molar-refractivity contribution in [2.75, 3.05) is 12.4 Å². The molecule has 10 heteroatoms. The van der Waals surface area contributed by atoms with Crippen LogP contribution in [0.2, 0.25) is 0 Å². The molecule has 0 bridgehead atoms. The number of aromatic nitrogens is 1. The number of carbonyl (C=O) groups is 2. The Morgan fingerprint density at radius 1 is 1.18 bits per heavy atom. The number of hydrogen-bond acceptors (Lipinski definition) is 5. The summed E-state index contributed by atoms with van der Waals surface area (Å²) in [5, 5.41) is 2.55. The van der Waals surface area contributed by atoms with Gasteiger partial charge >= 0.3 is 18.2 Å². The lowest BCUT2D eigenvalue weighted by Crippen LogP contribution is -2.47. The third-order valence-corrected chi connectivity index (χ3v) is 3.76. The lowest BCUT2D eigenvalue weighted by Gasteiger charge is -2.34. The minimum Gasteiger partial charge on any atom is -0.464 e. The molecular formula is C18H20F3N3O4. The van der Waals surface area contributed by atoms with E-state index in [2.05, 4.69) is 15.0 Å². The number of hydrogen-bond donors (Lipinski definition) is 1. The SMILES string of the molecule is COC(=O)c1coc(CN(C(=O)Nc2ccc(C(F)(F)F)cc2)C(C)(C)C)n1. The minimum absolute atomic E-state index is 0.0329. The van der Waals surface area contributed by atoms with Gasteiger partial charge < -0.3 is 19.4 Å². The second-order valence-electron chi connectivity index (χ2n) is 6.88. The largest absolute Gasteiger partial charge is 0.464 e. The highest BCUT2D eigenvalue weighted by Gasteiger charge is 2.31. The number of benzene rings is 1. The summed E-state index contributed by atoms with van der Waals surface area (Å²) in [5.74, 6) is -0.565. The molecule has 2 aromatic rings. The Bertz CT molecular complexity index is 839. The van der Waals surface area contributed by atoms with Gasteiger partial charge in [-0.3, -0.25) is 0 Å². The summed E-state index contributed by atoms with van der Waals surface area (Å²) in [5.41, 5.74) is -1.31. The fourth-order valence-corrected chi connectivity index (χ4v) is 2.26. The van der Waals surface area contributed by atoms with Crippen LogP contribution in [0.3, 0.4) is 0 Å². The third-order valence-electron chi connectivity index (χ3n) is 3.76.